The van der Waals surface area contributed by atoms with Gasteiger partial charge >= 0.3 is 0 Å². The van der Waals surface area contributed by atoms with E-state index in [0.717, 1.165) is 17.7 Å². The molecule has 0 fully saturated rings. The van der Waals surface area contributed by atoms with E-state index in [1.807, 2.05) is 31.2 Å². The number of alkyl halides is 1. The van der Waals surface area contributed by atoms with Crippen LogP contribution in [-0.4, -0.2) is 25.7 Å². The number of rotatable bonds is 5. The zero-order valence-electron chi connectivity index (χ0n) is 10.2. The van der Waals surface area contributed by atoms with E-state index < -0.39 is 0 Å². The summed E-state index contributed by atoms with van der Waals surface area (Å²) in [6, 6.07) is 7.71. The zero-order chi connectivity index (χ0) is 12.5. The lowest BCUT2D eigenvalue weighted by Gasteiger charge is -2.14. The van der Waals surface area contributed by atoms with Gasteiger partial charge in [0.1, 0.15) is 5.75 Å². The summed E-state index contributed by atoms with van der Waals surface area (Å²) >= 11 is 5.51. The van der Waals surface area contributed by atoms with E-state index in [4.69, 9.17) is 21.1 Å². The summed E-state index contributed by atoms with van der Waals surface area (Å²) in [5.74, 6) is 6.96. The van der Waals surface area contributed by atoms with Crippen molar-refractivity contribution in [2.75, 3.05) is 19.6 Å². The van der Waals surface area contributed by atoms with Crippen molar-refractivity contribution in [3.8, 4) is 17.6 Å². The molecule has 92 valence electrons. The molecule has 0 heterocycles. The van der Waals surface area contributed by atoms with Crippen LogP contribution in [0, 0.1) is 11.8 Å². The van der Waals surface area contributed by atoms with Gasteiger partial charge in [0, 0.05) is 25.7 Å². The van der Waals surface area contributed by atoms with Gasteiger partial charge in [-0.15, -0.1) is 11.6 Å². The Kier molecular flexibility index (Phi) is 6.54. The third-order valence-corrected chi connectivity index (χ3v) is 2.33. The molecular formula is C14H17ClO2. The molecule has 0 spiro atoms. The highest BCUT2D eigenvalue weighted by Gasteiger charge is 2.03. The highest BCUT2D eigenvalue weighted by Crippen LogP contribution is 2.15. The van der Waals surface area contributed by atoms with Crippen molar-refractivity contribution in [3.05, 3.63) is 29.8 Å². The molecule has 1 rings (SSSR count). The van der Waals surface area contributed by atoms with Gasteiger partial charge < -0.3 is 9.47 Å². The summed E-state index contributed by atoms with van der Waals surface area (Å²) in [4.78, 5) is 0. The van der Waals surface area contributed by atoms with Crippen LogP contribution in [-0.2, 0) is 4.74 Å². The van der Waals surface area contributed by atoms with E-state index in [1.54, 1.807) is 7.11 Å². The minimum atomic E-state index is 0.131. The quantitative estimate of drug-likeness (QED) is 0.592. The fourth-order valence-corrected chi connectivity index (χ4v) is 1.42. The van der Waals surface area contributed by atoms with Crippen molar-refractivity contribution in [2.24, 2.45) is 0 Å². The number of halogens is 1. The summed E-state index contributed by atoms with van der Waals surface area (Å²) < 4.78 is 10.8. The Morgan fingerprint density at radius 3 is 2.94 bits per heavy atom. The lowest BCUT2D eigenvalue weighted by atomic mass is 10.2. The van der Waals surface area contributed by atoms with Gasteiger partial charge in [-0.05, 0) is 25.1 Å². The monoisotopic (exact) mass is 252 g/mol. The smallest absolute Gasteiger partial charge is 0.120 e. The number of hydrogen-bond acceptors (Lipinski definition) is 2. The molecule has 0 aliphatic heterocycles. The van der Waals surface area contributed by atoms with E-state index >= 15 is 0 Å². The summed E-state index contributed by atoms with van der Waals surface area (Å²) in [5, 5.41) is 0. The van der Waals surface area contributed by atoms with Gasteiger partial charge in [0.15, 0.2) is 0 Å². The molecule has 1 unspecified atom stereocenters. The maximum Gasteiger partial charge on any atom is 0.120 e. The van der Waals surface area contributed by atoms with Gasteiger partial charge in [0.2, 0.25) is 0 Å². The van der Waals surface area contributed by atoms with E-state index in [1.165, 1.54) is 0 Å². The summed E-state index contributed by atoms with van der Waals surface area (Å²) in [6.45, 7) is 2.73. The largest absolute Gasteiger partial charge is 0.491 e. The van der Waals surface area contributed by atoms with E-state index in [2.05, 4.69) is 11.8 Å². The molecule has 0 radical (unpaired) electrons. The second kappa shape index (κ2) is 8.00. The van der Waals surface area contributed by atoms with Crippen LogP contribution < -0.4 is 4.74 Å². The summed E-state index contributed by atoms with van der Waals surface area (Å²) in [6.07, 6.45) is 1.000. The summed E-state index contributed by atoms with van der Waals surface area (Å²) in [5.41, 5.74) is 0.919. The third-order valence-electron chi connectivity index (χ3n) is 2.20. The van der Waals surface area contributed by atoms with E-state index in [9.17, 15) is 0 Å². The van der Waals surface area contributed by atoms with E-state index in [0.29, 0.717) is 12.5 Å². The third kappa shape index (κ3) is 5.63. The first-order chi connectivity index (χ1) is 8.26. The average molecular weight is 253 g/mol. The molecular weight excluding hydrogens is 236 g/mol. The zero-order valence-corrected chi connectivity index (χ0v) is 11.0. The molecule has 0 aliphatic rings. The van der Waals surface area contributed by atoms with Gasteiger partial charge in [-0.2, -0.15) is 0 Å². The Hall–Kier alpha value is -1.17. The summed E-state index contributed by atoms with van der Waals surface area (Å²) in [7, 11) is 1.69. The lowest BCUT2D eigenvalue weighted by molar-refractivity contribution is 0.135. The number of hydrogen-bond donors (Lipinski definition) is 0. The number of methoxy groups -OCH3 is 1. The molecule has 1 atom stereocenters. The van der Waals surface area contributed by atoms with Crippen molar-refractivity contribution >= 4 is 11.6 Å². The second-order valence-electron chi connectivity index (χ2n) is 3.67. The van der Waals surface area contributed by atoms with Gasteiger partial charge in [-0.3, -0.25) is 0 Å². The van der Waals surface area contributed by atoms with Gasteiger partial charge in [-0.1, -0.05) is 17.9 Å². The Balaban J connectivity index is 2.59. The molecule has 3 heteroatoms. The standard InChI is InChI=1S/C14H17ClO2/c1-12(8-10-16-2)17-14-7-3-5-13(11-14)6-4-9-15/h3,5,7,11-12H,8-10H2,1-2H3. The maximum absolute atomic E-state index is 5.76. The minimum Gasteiger partial charge on any atom is -0.491 e. The Labute approximate surface area is 108 Å². The minimum absolute atomic E-state index is 0.131. The first-order valence-corrected chi connectivity index (χ1v) is 6.10. The fourth-order valence-electron chi connectivity index (χ4n) is 1.36. The van der Waals surface area contributed by atoms with Crippen molar-refractivity contribution in [1.29, 1.82) is 0 Å². The van der Waals surface area contributed by atoms with Crippen LogP contribution >= 0.6 is 11.6 Å². The molecule has 0 amide bonds. The Morgan fingerprint density at radius 1 is 1.41 bits per heavy atom. The fraction of sp³-hybridized carbons (Fsp3) is 0.429. The van der Waals surface area contributed by atoms with Crippen LogP contribution in [0.4, 0.5) is 0 Å². The second-order valence-corrected chi connectivity index (χ2v) is 3.94. The average Bonchev–Trinajstić information content (AvgIpc) is 2.34. The molecule has 2 nitrogen and oxygen atoms in total. The Morgan fingerprint density at radius 2 is 2.24 bits per heavy atom. The lowest BCUT2D eigenvalue weighted by Crippen LogP contribution is -2.14. The molecule has 0 saturated carbocycles. The van der Waals surface area contributed by atoms with E-state index in [-0.39, 0.29) is 6.10 Å². The van der Waals surface area contributed by atoms with Gasteiger partial charge in [0.05, 0.1) is 12.0 Å². The predicted molar refractivity (Wildman–Crippen MR) is 70.6 cm³/mol. The molecule has 0 aliphatic carbocycles. The van der Waals surface area contributed by atoms with Gasteiger partial charge in [0.25, 0.3) is 0 Å². The molecule has 1 aromatic carbocycles. The van der Waals surface area contributed by atoms with Crippen molar-refractivity contribution in [3.63, 3.8) is 0 Å². The Bertz CT molecular complexity index is 393. The van der Waals surface area contributed by atoms with Crippen LogP contribution in [0.3, 0.4) is 0 Å². The van der Waals surface area contributed by atoms with Crippen LogP contribution in [0.1, 0.15) is 18.9 Å². The van der Waals surface area contributed by atoms with Crippen LogP contribution in [0.15, 0.2) is 24.3 Å². The van der Waals surface area contributed by atoms with Crippen molar-refractivity contribution < 1.29 is 9.47 Å². The first kappa shape index (κ1) is 13.9. The molecule has 17 heavy (non-hydrogen) atoms. The highest BCUT2D eigenvalue weighted by atomic mass is 35.5. The number of benzene rings is 1. The highest BCUT2D eigenvalue weighted by molar-refractivity contribution is 6.19. The van der Waals surface area contributed by atoms with Crippen LogP contribution in [0.2, 0.25) is 0 Å². The predicted octanol–water partition coefficient (Wildman–Crippen LogP) is 3.08. The molecule has 0 N–H and O–H groups in total. The normalized spacial score (nSPS) is 11.5. The molecule has 0 saturated heterocycles. The molecule has 0 aromatic heterocycles. The van der Waals surface area contributed by atoms with Gasteiger partial charge in [-0.25, -0.2) is 0 Å². The van der Waals surface area contributed by atoms with Crippen molar-refractivity contribution in [2.45, 2.75) is 19.4 Å². The molecule has 0 bridgehead atoms. The SMILES string of the molecule is COCCC(C)Oc1cccc(C#CCCl)c1. The molecule has 1 aromatic rings. The van der Waals surface area contributed by atoms with Crippen LogP contribution in [0.5, 0.6) is 5.75 Å². The topological polar surface area (TPSA) is 18.5 Å². The van der Waals surface area contributed by atoms with Crippen LogP contribution in [0.25, 0.3) is 0 Å². The number of ether oxygens (including phenoxy) is 2. The first-order valence-electron chi connectivity index (χ1n) is 5.56. The van der Waals surface area contributed by atoms with Crippen molar-refractivity contribution in [1.82, 2.24) is 0 Å². The maximum atomic E-state index is 5.76.